The van der Waals surface area contributed by atoms with Crippen molar-refractivity contribution in [3.05, 3.63) is 41.1 Å². The van der Waals surface area contributed by atoms with Crippen molar-refractivity contribution in [2.45, 2.75) is 0 Å². The molecule has 3 heterocycles. The fourth-order valence-corrected chi connectivity index (χ4v) is 1.71. The van der Waals surface area contributed by atoms with E-state index in [1.807, 2.05) is 13.2 Å². The maximum atomic E-state index is 10.7. The molecule has 0 aliphatic heterocycles. The first-order valence-electron chi connectivity index (χ1n) is 5.12. The van der Waals surface area contributed by atoms with Crippen molar-refractivity contribution in [1.82, 2.24) is 24.4 Å². The topological polar surface area (TPSA) is 91.1 Å². The molecule has 0 spiro atoms. The summed E-state index contributed by atoms with van der Waals surface area (Å²) in [6, 6.07) is 0. The van der Waals surface area contributed by atoms with Crippen LogP contribution in [0, 0.1) is 10.1 Å². The molecule has 0 aromatic carbocycles. The van der Waals surface area contributed by atoms with E-state index in [-0.39, 0.29) is 11.3 Å². The minimum Gasteiger partial charge on any atom is -0.275 e. The van der Waals surface area contributed by atoms with Gasteiger partial charge in [0.05, 0.1) is 11.1 Å². The molecule has 3 aromatic heterocycles. The average molecular weight is 244 g/mol. The molecule has 0 atom stereocenters. The van der Waals surface area contributed by atoms with Gasteiger partial charge in [-0.15, -0.1) is 0 Å². The van der Waals surface area contributed by atoms with Gasteiger partial charge in [0.25, 0.3) is 0 Å². The highest BCUT2D eigenvalue weighted by Gasteiger charge is 2.16. The number of aryl methyl sites for hydroxylation is 1. The number of rotatable bonds is 2. The number of hydrogen-bond donors (Lipinski definition) is 0. The van der Waals surface area contributed by atoms with Crippen molar-refractivity contribution in [3.63, 3.8) is 0 Å². The van der Waals surface area contributed by atoms with E-state index in [2.05, 4.69) is 15.2 Å². The summed E-state index contributed by atoms with van der Waals surface area (Å²) in [4.78, 5) is 14.3. The van der Waals surface area contributed by atoms with Crippen LogP contribution >= 0.6 is 0 Å². The second-order valence-corrected chi connectivity index (χ2v) is 3.80. The van der Waals surface area contributed by atoms with Gasteiger partial charge < -0.3 is 0 Å². The molecule has 0 saturated carbocycles. The monoisotopic (exact) mass is 244 g/mol. The van der Waals surface area contributed by atoms with Crippen LogP contribution in [0.1, 0.15) is 0 Å². The van der Waals surface area contributed by atoms with Crippen LogP contribution in [0.25, 0.3) is 16.8 Å². The molecule has 0 amide bonds. The summed E-state index contributed by atoms with van der Waals surface area (Å²) in [7, 11) is 1.81. The molecule has 0 unspecified atom stereocenters. The van der Waals surface area contributed by atoms with Gasteiger partial charge in [0.15, 0.2) is 0 Å². The zero-order valence-corrected chi connectivity index (χ0v) is 9.39. The number of nitro groups is 1. The van der Waals surface area contributed by atoms with Gasteiger partial charge in [-0.1, -0.05) is 0 Å². The van der Waals surface area contributed by atoms with E-state index in [4.69, 9.17) is 0 Å². The summed E-state index contributed by atoms with van der Waals surface area (Å²) in [5, 5.41) is 18.7. The summed E-state index contributed by atoms with van der Waals surface area (Å²) in [6.45, 7) is 0. The zero-order chi connectivity index (χ0) is 12.7. The van der Waals surface area contributed by atoms with Crippen LogP contribution in [0.2, 0.25) is 0 Å². The molecule has 8 heteroatoms. The summed E-state index contributed by atoms with van der Waals surface area (Å²) in [5.41, 5.74) is 1.80. The van der Waals surface area contributed by atoms with Crippen LogP contribution < -0.4 is 0 Å². The lowest BCUT2D eigenvalue weighted by Gasteiger charge is -1.97. The molecule has 0 radical (unpaired) electrons. The Morgan fingerprint density at radius 2 is 1.94 bits per heavy atom. The third-order valence-corrected chi connectivity index (χ3v) is 2.57. The van der Waals surface area contributed by atoms with Gasteiger partial charge in [0.2, 0.25) is 5.65 Å². The highest BCUT2D eigenvalue weighted by atomic mass is 16.6. The Morgan fingerprint density at radius 3 is 2.61 bits per heavy atom. The Kier molecular flexibility index (Phi) is 2.09. The molecular weight excluding hydrogens is 236 g/mol. The summed E-state index contributed by atoms with van der Waals surface area (Å²) in [6.07, 6.45) is 7.98. The van der Waals surface area contributed by atoms with Gasteiger partial charge >= 0.3 is 5.69 Å². The van der Waals surface area contributed by atoms with E-state index in [0.29, 0.717) is 0 Å². The Bertz CT molecular complexity index is 744. The highest BCUT2D eigenvalue weighted by Crippen LogP contribution is 2.21. The molecule has 0 N–H and O–H groups in total. The smallest absolute Gasteiger partial charge is 0.275 e. The number of hydrogen-bond acceptors (Lipinski definition) is 5. The largest absolute Gasteiger partial charge is 0.333 e. The van der Waals surface area contributed by atoms with Gasteiger partial charge in [-0.2, -0.15) is 10.2 Å². The molecule has 3 aromatic rings. The average Bonchev–Trinajstić information content (AvgIpc) is 2.93. The molecular formula is C10H8N6O2. The minimum absolute atomic E-state index is 0.104. The zero-order valence-electron chi connectivity index (χ0n) is 9.39. The number of aromatic nitrogens is 5. The molecule has 0 aliphatic rings. The SMILES string of the molecule is Cn1cc(-c2cnc3c([N+](=O)[O-])cnn3c2)cn1. The van der Waals surface area contributed by atoms with Gasteiger partial charge in [0.1, 0.15) is 6.20 Å². The van der Waals surface area contributed by atoms with E-state index in [9.17, 15) is 10.1 Å². The Balaban J connectivity index is 2.15. The highest BCUT2D eigenvalue weighted by molar-refractivity contribution is 5.64. The van der Waals surface area contributed by atoms with Crippen molar-refractivity contribution in [2.24, 2.45) is 7.05 Å². The first-order chi connectivity index (χ1) is 8.65. The first kappa shape index (κ1) is 10.4. The predicted octanol–water partition coefficient (Wildman–Crippen LogP) is 1.04. The second kappa shape index (κ2) is 3.62. The van der Waals surface area contributed by atoms with E-state index in [0.717, 1.165) is 11.1 Å². The van der Waals surface area contributed by atoms with Crippen molar-refractivity contribution in [2.75, 3.05) is 0 Å². The van der Waals surface area contributed by atoms with Crippen LogP contribution in [0.15, 0.2) is 31.0 Å². The van der Waals surface area contributed by atoms with Crippen molar-refractivity contribution in [1.29, 1.82) is 0 Å². The van der Waals surface area contributed by atoms with Crippen molar-refractivity contribution >= 4 is 11.3 Å². The fraction of sp³-hybridized carbons (Fsp3) is 0.100. The van der Waals surface area contributed by atoms with Gasteiger partial charge in [-0.25, -0.2) is 9.50 Å². The van der Waals surface area contributed by atoms with Gasteiger partial charge in [-0.05, 0) is 0 Å². The molecule has 0 saturated heterocycles. The number of nitrogens with zero attached hydrogens (tertiary/aromatic N) is 6. The van der Waals surface area contributed by atoms with Crippen LogP contribution in [0.3, 0.4) is 0 Å². The first-order valence-corrected chi connectivity index (χ1v) is 5.12. The van der Waals surface area contributed by atoms with E-state index in [1.165, 1.54) is 10.7 Å². The molecule has 0 bridgehead atoms. The minimum atomic E-state index is -0.501. The van der Waals surface area contributed by atoms with Gasteiger partial charge in [0, 0.05) is 36.8 Å². The fourth-order valence-electron chi connectivity index (χ4n) is 1.71. The molecule has 0 aliphatic carbocycles. The second-order valence-electron chi connectivity index (χ2n) is 3.80. The number of fused-ring (bicyclic) bond motifs is 1. The quantitative estimate of drug-likeness (QED) is 0.496. The predicted molar refractivity (Wildman–Crippen MR) is 61.8 cm³/mol. The normalized spacial score (nSPS) is 10.9. The van der Waals surface area contributed by atoms with E-state index < -0.39 is 4.92 Å². The molecule has 3 rings (SSSR count). The lowest BCUT2D eigenvalue weighted by atomic mass is 10.2. The molecule has 8 nitrogen and oxygen atoms in total. The molecule has 90 valence electrons. The lowest BCUT2D eigenvalue weighted by molar-refractivity contribution is -0.383. The lowest BCUT2D eigenvalue weighted by Crippen LogP contribution is -1.93. The van der Waals surface area contributed by atoms with Crippen LogP contribution in [0.5, 0.6) is 0 Å². The van der Waals surface area contributed by atoms with Gasteiger partial charge in [-0.3, -0.25) is 14.8 Å². The maximum Gasteiger partial charge on any atom is 0.333 e. The summed E-state index contributed by atoms with van der Waals surface area (Å²) >= 11 is 0. The molecule has 18 heavy (non-hydrogen) atoms. The summed E-state index contributed by atoms with van der Waals surface area (Å²) in [5.74, 6) is 0. The third kappa shape index (κ3) is 1.51. The maximum absolute atomic E-state index is 10.7. The van der Waals surface area contributed by atoms with Crippen LogP contribution in [0.4, 0.5) is 5.69 Å². The van der Waals surface area contributed by atoms with Crippen LogP contribution in [-0.2, 0) is 7.05 Å². The third-order valence-electron chi connectivity index (χ3n) is 2.57. The van der Waals surface area contributed by atoms with Crippen molar-refractivity contribution in [3.8, 4) is 11.1 Å². The van der Waals surface area contributed by atoms with Crippen molar-refractivity contribution < 1.29 is 4.92 Å². The van der Waals surface area contributed by atoms with E-state index >= 15 is 0 Å². The van der Waals surface area contributed by atoms with Crippen LogP contribution in [-0.4, -0.2) is 29.3 Å². The standard InChI is InChI=1S/C10H8N6O2/c1-14-5-8(3-12-14)7-2-11-10-9(16(17)18)4-13-15(10)6-7/h2-6H,1H3. The Hall–Kier alpha value is -2.77. The molecule has 0 fully saturated rings. The summed E-state index contributed by atoms with van der Waals surface area (Å²) < 4.78 is 3.06. The Labute approximate surface area is 101 Å². The Morgan fingerprint density at radius 1 is 1.17 bits per heavy atom. The van der Waals surface area contributed by atoms with E-state index in [1.54, 1.807) is 23.3 Å².